The van der Waals surface area contributed by atoms with E-state index < -0.39 is 11.9 Å². The van der Waals surface area contributed by atoms with E-state index in [-0.39, 0.29) is 11.1 Å². The summed E-state index contributed by atoms with van der Waals surface area (Å²) in [4.78, 5) is 39.1. The molecular formula is C39H30N4O5. The summed E-state index contributed by atoms with van der Waals surface area (Å²) in [5, 5.41) is 18.9. The second-order valence-electron chi connectivity index (χ2n) is 11.0. The van der Waals surface area contributed by atoms with Crippen LogP contribution >= 0.6 is 0 Å². The predicted molar refractivity (Wildman–Crippen MR) is 186 cm³/mol. The Labute approximate surface area is 276 Å². The molecule has 0 bridgehead atoms. The Kier molecular flexibility index (Phi) is 9.02. The van der Waals surface area contributed by atoms with E-state index in [1.165, 1.54) is 13.8 Å². The van der Waals surface area contributed by atoms with Crippen molar-refractivity contribution in [1.29, 1.82) is 0 Å². The lowest BCUT2D eigenvalue weighted by atomic mass is 10.0. The number of rotatable bonds is 10. The van der Waals surface area contributed by atoms with E-state index in [1.807, 2.05) is 78.9 Å². The summed E-state index contributed by atoms with van der Waals surface area (Å²) in [7, 11) is 0. The van der Waals surface area contributed by atoms with Gasteiger partial charge in [-0.25, -0.2) is 14.6 Å². The third-order valence-electron chi connectivity index (χ3n) is 7.51. The third-order valence-corrected chi connectivity index (χ3v) is 7.51. The summed E-state index contributed by atoms with van der Waals surface area (Å²) in [6.45, 7) is 3.03. The van der Waals surface area contributed by atoms with E-state index in [9.17, 15) is 19.8 Å². The number of hydrogen-bond donors (Lipinski definition) is 2. The molecule has 236 valence electrons. The first-order chi connectivity index (χ1) is 23.2. The maximum atomic E-state index is 11.7. The van der Waals surface area contributed by atoms with Gasteiger partial charge in [0.05, 0.1) is 28.5 Å². The molecular weight excluding hydrogens is 604 g/mol. The van der Waals surface area contributed by atoms with Crippen LogP contribution in [0, 0.1) is 0 Å². The zero-order valence-electron chi connectivity index (χ0n) is 26.1. The van der Waals surface area contributed by atoms with Gasteiger partial charge in [-0.05, 0) is 97.8 Å². The van der Waals surface area contributed by atoms with Gasteiger partial charge in [-0.1, -0.05) is 36.4 Å². The highest BCUT2D eigenvalue weighted by atomic mass is 16.4. The average molecular weight is 635 g/mol. The van der Waals surface area contributed by atoms with Crippen LogP contribution in [0.4, 0.5) is 17.1 Å². The van der Waals surface area contributed by atoms with Crippen molar-refractivity contribution in [3.05, 3.63) is 144 Å². The Morgan fingerprint density at radius 1 is 0.625 bits per heavy atom. The van der Waals surface area contributed by atoms with E-state index in [1.54, 1.807) is 55.1 Å². The lowest BCUT2D eigenvalue weighted by Gasteiger charge is -2.23. The molecule has 9 heteroatoms. The summed E-state index contributed by atoms with van der Waals surface area (Å²) >= 11 is 0. The largest absolute Gasteiger partial charge is 0.478 e. The highest BCUT2D eigenvalue weighted by Crippen LogP contribution is 2.38. The smallest absolute Gasteiger partial charge is 0.331 e. The first kappa shape index (κ1) is 31.4. The topological polar surface area (TPSA) is 130 Å². The van der Waals surface area contributed by atoms with Crippen molar-refractivity contribution < 1.29 is 24.2 Å². The molecule has 4 heterocycles. The lowest BCUT2D eigenvalue weighted by Crippen LogP contribution is -2.08. The molecule has 0 atom stereocenters. The Hall–Kier alpha value is -6.61. The fraction of sp³-hybridized carbons (Fsp3) is 0.0513. The number of para-hydroxylation sites is 2. The van der Waals surface area contributed by atoms with Gasteiger partial charge in [0.15, 0.2) is 0 Å². The first-order valence-electron chi connectivity index (χ1n) is 15.0. The summed E-state index contributed by atoms with van der Waals surface area (Å²) < 4.78 is 6.10. The minimum absolute atomic E-state index is 0.144. The van der Waals surface area contributed by atoms with E-state index in [4.69, 9.17) is 9.40 Å². The molecule has 2 N–H and O–H groups in total. The van der Waals surface area contributed by atoms with Crippen molar-refractivity contribution in [2.75, 3.05) is 4.90 Å². The number of furan rings is 1. The SMILES string of the molecule is C/C(=C\c1ccnc(-c2cc(/C=C(\C)C(=O)O)cc(-c3cc(-c4cc(N(c5ccccc5)c5ccccc5)co4)ccn3)n2)c1)C(=O)O. The van der Waals surface area contributed by atoms with Crippen molar-refractivity contribution in [3.63, 3.8) is 0 Å². The molecule has 48 heavy (non-hydrogen) atoms. The normalized spacial score (nSPS) is 11.7. The van der Waals surface area contributed by atoms with Crippen molar-refractivity contribution in [3.8, 4) is 34.1 Å². The van der Waals surface area contributed by atoms with Crippen molar-refractivity contribution in [2.24, 2.45) is 0 Å². The molecule has 0 aliphatic heterocycles. The fourth-order valence-corrected chi connectivity index (χ4v) is 5.12. The molecule has 6 aromatic rings. The number of benzene rings is 2. The fourth-order valence-electron chi connectivity index (χ4n) is 5.12. The van der Waals surface area contributed by atoms with Crippen LogP contribution in [0.25, 0.3) is 46.3 Å². The quantitative estimate of drug-likeness (QED) is 0.142. The molecule has 0 spiro atoms. The van der Waals surface area contributed by atoms with Crippen LogP contribution in [0.1, 0.15) is 25.0 Å². The van der Waals surface area contributed by atoms with Crippen molar-refractivity contribution >= 4 is 41.2 Å². The van der Waals surface area contributed by atoms with E-state index in [2.05, 4.69) is 14.9 Å². The van der Waals surface area contributed by atoms with Crippen LogP contribution < -0.4 is 4.90 Å². The second kappa shape index (κ2) is 13.8. The molecule has 6 rings (SSSR count). The number of anilines is 3. The minimum Gasteiger partial charge on any atom is -0.478 e. The number of pyridine rings is 3. The molecule has 9 nitrogen and oxygen atoms in total. The molecule has 0 amide bonds. The summed E-state index contributed by atoms with van der Waals surface area (Å²) in [6.07, 6.45) is 8.06. The average Bonchev–Trinajstić information content (AvgIpc) is 3.59. The van der Waals surface area contributed by atoms with Gasteiger partial charge in [-0.15, -0.1) is 0 Å². The van der Waals surface area contributed by atoms with Crippen LogP contribution in [0.5, 0.6) is 0 Å². The molecule has 0 aliphatic rings. The van der Waals surface area contributed by atoms with Crippen LogP contribution in [0.3, 0.4) is 0 Å². The summed E-state index contributed by atoms with van der Waals surface area (Å²) in [6, 6.07) is 32.7. The van der Waals surface area contributed by atoms with Gasteiger partial charge in [0.25, 0.3) is 0 Å². The molecule has 0 fully saturated rings. The van der Waals surface area contributed by atoms with Gasteiger partial charge in [-0.2, -0.15) is 0 Å². The number of carbonyl (C=O) groups is 2. The molecule has 0 aliphatic carbocycles. The summed E-state index contributed by atoms with van der Waals surface area (Å²) in [5.41, 5.74) is 7.11. The standard InChI is InChI=1S/C39H30N4O5/c1-25(38(44)45)17-27-13-15-40-33(19-27)35-20-28(18-26(2)39(46)47)21-36(42-35)34-22-29(14-16-41-34)37-23-32(24-48-37)43(30-9-5-3-6-10-30)31-11-7-4-8-12-31/h3-24H,1-2H3,(H,44,45)(H,46,47)/b25-17+,26-18+. The Morgan fingerprint density at radius 3 is 1.73 bits per heavy atom. The van der Waals surface area contributed by atoms with Crippen LogP contribution in [-0.4, -0.2) is 37.1 Å². The summed E-state index contributed by atoms with van der Waals surface area (Å²) in [5.74, 6) is -1.44. The van der Waals surface area contributed by atoms with Gasteiger partial charge in [0, 0.05) is 46.5 Å². The molecule has 0 radical (unpaired) electrons. The van der Waals surface area contributed by atoms with Crippen LogP contribution in [0.15, 0.2) is 137 Å². The lowest BCUT2D eigenvalue weighted by molar-refractivity contribution is -0.133. The third kappa shape index (κ3) is 7.11. The Bertz CT molecular complexity index is 2130. The van der Waals surface area contributed by atoms with Gasteiger partial charge < -0.3 is 19.5 Å². The minimum atomic E-state index is -1.04. The molecule has 0 saturated heterocycles. The van der Waals surface area contributed by atoms with Gasteiger partial charge in [-0.3, -0.25) is 9.97 Å². The molecule has 0 unspecified atom stereocenters. The van der Waals surface area contributed by atoms with Crippen molar-refractivity contribution in [2.45, 2.75) is 13.8 Å². The van der Waals surface area contributed by atoms with E-state index in [0.29, 0.717) is 39.7 Å². The number of aromatic nitrogens is 3. The predicted octanol–water partition coefficient (Wildman–Crippen LogP) is 8.91. The van der Waals surface area contributed by atoms with Gasteiger partial charge in [0.2, 0.25) is 0 Å². The monoisotopic (exact) mass is 634 g/mol. The number of aliphatic carboxylic acids is 2. The van der Waals surface area contributed by atoms with Crippen LogP contribution in [0.2, 0.25) is 0 Å². The van der Waals surface area contributed by atoms with Gasteiger partial charge in [0.1, 0.15) is 12.0 Å². The zero-order valence-corrected chi connectivity index (χ0v) is 26.1. The number of carboxylic acid groups (broad SMARTS) is 2. The Morgan fingerprint density at radius 2 is 1.15 bits per heavy atom. The zero-order chi connectivity index (χ0) is 33.6. The van der Waals surface area contributed by atoms with Crippen molar-refractivity contribution in [1.82, 2.24) is 15.0 Å². The highest BCUT2D eigenvalue weighted by Gasteiger charge is 2.17. The maximum absolute atomic E-state index is 11.7. The number of nitrogens with zero attached hydrogens (tertiary/aromatic N) is 4. The molecule has 0 saturated carbocycles. The maximum Gasteiger partial charge on any atom is 0.331 e. The Balaban J connectivity index is 1.41. The van der Waals surface area contributed by atoms with Gasteiger partial charge >= 0.3 is 11.9 Å². The second-order valence-corrected chi connectivity index (χ2v) is 11.0. The first-order valence-corrected chi connectivity index (χ1v) is 15.0. The highest BCUT2D eigenvalue weighted by molar-refractivity contribution is 5.92. The number of carboxylic acids is 2. The molecule has 4 aromatic heterocycles. The number of hydrogen-bond acceptors (Lipinski definition) is 7. The van der Waals surface area contributed by atoms with E-state index in [0.717, 1.165) is 22.6 Å². The van der Waals surface area contributed by atoms with Crippen LogP contribution in [-0.2, 0) is 9.59 Å². The molecule has 2 aromatic carbocycles. The van der Waals surface area contributed by atoms with E-state index >= 15 is 0 Å².